The minimum Gasteiger partial charge on any atom is -0.478 e. The van der Waals surface area contributed by atoms with Crippen LogP contribution in [0.2, 0.25) is 0 Å². The fraction of sp³-hybridized carbons (Fsp3) is 0.471. The molecule has 0 bridgehead atoms. The smallest absolute Gasteiger partial charge is 0.336 e. The molecule has 1 saturated heterocycles. The Morgan fingerprint density at radius 1 is 1.35 bits per heavy atom. The van der Waals surface area contributed by atoms with E-state index in [1.54, 1.807) is 6.07 Å². The molecule has 2 aromatic rings. The van der Waals surface area contributed by atoms with Crippen LogP contribution in [0.15, 0.2) is 22.8 Å². The number of rotatable bonds is 3. The quantitative estimate of drug-likeness (QED) is 0.857. The monoisotopic (exact) mass is 380 g/mol. The average molecular weight is 381 g/mol. The largest absolute Gasteiger partial charge is 0.478 e. The van der Waals surface area contributed by atoms with Gasteiger partial charge in [0.05, 0.1) is 11.7 Å². The number of likely N-dealkylation sites (tertiary alicyclic amines) is 1. The van der Waals surface area contributed by atoms with Gasteiger partial charge in [-0.1, -0.05) is 0 Å². The van der Waals surface area contributed by atoms with E-state index in [4.69, 9.17) is 0 Å². The van der Waals surface area contributed by atoms with E-state index in [1.165, 1.54) is 0 Å². The third kappa shape index (κ3) is 3.03. The summed E-state index contributed by atoms with van der Waals surface area (Å²) < 4.78 is 3.00. The van der Waals surface area contributed by atoms with Crippen molar-refractivity contribution < 1.29 is 15.0 Å². The summed E-state index contributed by atoms with van der Waals surface area (Å²) in [4.78, 5) is 13.9. The number of aliphatic hydroxyl groups excluding tert-OH is 1. The highest BCUT2D eigenvalue weighted by atomic mass is 79.9. The standard InChI is InChI=1S/C17H21BrN2O3/c1-10-15(17(22)23)8-13-7-12(18)9-20(13)16(10)11(2)19-5-3-14(21)4-6-19/h7-9,11,14,21H,3-6H2,1-2H3,(H,22,23). The topological polar surface area (TPSA) is 65.2 Å². The number of carboxylic acid groups (broad SMARTS) is 1. The van der Waals surface area contributed by atoms with Crippen LogP contribution in [0, 0.1) is 6.92 Å². The van der Waals surface area contributed by atoms with Gasteiger partial charge >= 0.3 is 5.97 Å². The second-order valence-electron chi connectivity index (χ2n) is 6.27. The number of carbonyl (C=O) groups is 1. The molecule has 0 radical (unpaired) electrons. The summed E-state index contributed by atoms with van der Waals surface area (Å²) in [5.41, 5.74) is 3.02. The molecule has 0 saturated carbocycles. The summed E-state index contributed by atoms with van der Waals surface area (Å²) in [6, 6.07) is 3.74. The number of aliphatic hydroxyl groups is 1. The van der Waals surface area contributed by atoms with Crippen molar-refractivity contribution in [3.05, 3.63) is 39.6 Å². The van der Waals surface area contributed by atoms with Crippen molar-refractivity contribution in [1.29, 1.82) is 0 Å². The first-order valence-electron chi connectivity index (χ1n) is 7.85. The van der Waals surface area contributed by atoms with Crippen LogP contribution in [0.1, 0.15) is 47.4 Å². The molecule has 1 unspecified atom stereocenters. The molecule has 2 aromatic heterocycles. The molecule has 5 nitrogen and oxygen atoms in total. The minimum atomic E-state index is -0.898. The van der Waals surface area contributed by atoms with E-state index in [-0.39, 0.29) is 12.1 Å². The van der Waals surface area contributed by atoms with Crippen molar-refractivity contribution in [2.24, 2.45) is 0 Å². The summed E-state index contributed by atoms with van der Waals surface area (Å²) >= 11 is 3.48. The molecule has 1 atom stereocenters. The fourth-order valence-electron chi connectivity index (χ4n) is 3.52. The first-order valence-corrected chi connectivity index (χ1v) is 8.64. The molecule has 3 rings (SSSR count). The van der Waals surface area contributed by atoms with E-state index in [0.29, 0.717) is 5.56 Å². The van der Waals surface area contributed by atoms with Gasteiger partial charge in [-0.25, -0.2) is 4.79 Å². The molecular weight excluding hydrogens is 360 g/mol. The maximum absolute atomic E-state index is 11.6. The van der Waals surface area contributed by atoms with E-state index in [2.05, 4.69) is 32.2 Å². The average Bonchev–Trinajstić information content (AvgIpc) is 2.86. The molecule has 0 spiro atoms. The van der Waals surface area contributed by atoms with Crippen molar-refractivity contribution in [3.63, 3.8) is 0 Å². The first-order chi connectivity index (χ1) is 10.9. The third-order valence-electron chi connectivity index (χ3n) is 4.83. The lowest BCUT2D eigenvalue weighted by molar-refractivity contribution is 0.0631. The van der Waals surface area contributed by atoms with Crippen LogP contribution < -0.4 is 0 Å². The summed E-state index contributed by atoms with van der Waals surface area (Å²) in [5.74, 6) is -0.898. The molecule has 1 aliphatic heterocycles. The van der Waals surface area contributed by atoms with Gasteiger partial charge in [0, 0.05) is 41.0 Å². The number of carboxylic acids is 1. The molecule has 3 heterocycles. The fourth-order valence-corrected chi connectivity index (χ4v) is 3.96. The predicted octanol–water partition coefficient (Wildman–Crippen LogP) is 3.23. The highest BCUT2D eigenvalue weighted by molar-refractivity contribution is 9.10. The predicted molar refractivity (Wildman–Crippen MR) is 92.0 cm³/mol. The van der Waals surface area contributed by atoms with E-state index in [1.807, 2.05) is 19.2 Å². The minimum absolute atomic E-state index is 0.0867. The van der Waals surface area contributed by atoms with Crippen LogP contribution >= 0.6 is 15.9 Å². The van der Waals surface area contributed by atoms with Crippen LogP contribution in [-0.2, 0) is 0 Å². The zero-order valence-corrected chi connectivity index (χ0v) is 14.9. The Labute approximate surface area is 143 Å². The van der Waals surface area contributed by atoms with E-state index < -0.39 is 5.97 Å². The van der Waals surface area contributed by atoms with Crippen LogP contribution in [0.25, 0.3) is 5.52 Å². The second kappa shape index (κ2) is 6.26. The van der Waals surface area contributed by atoms with Gasteiger partial charge in [-0.05, 0) is 60.3 Å². The maximum Gasteiger partial charge on any atom is 0.336 e. The Hall–Kier alpha value is -1.37. The summed E-state index contributed by atoms with van der Waals surface area (Å²) in [6.45, 7) is 5.63. The number of aromatic nitrogens is 1. The first kappa shape index (κ1) is 16.5. The molecule has 23 heavy (non-hydrogen) atoms. The molecule has 0 amide bonds. The van der Waals surface area contributed by atoms with E-state index >= 15 is 0 Å². The number of aromatic carboxylic acids is 1. The zero-order chi connectivity index (χ0) is 16.7. The summed E-state index contributed by atoms with van der Waals surface area (Å²) in [7, 11) is 0. The Morgan fingerprint density at radius 3 is 2.61 bits per heavy atom. The van der Waals surface area contributed by atoms with Gasteiger partial charge in [0.1, 0.15) is 0 Å². The maximum atomic E-state index is 11.6. The summed E-state index contributed by atoms with van der Waals surface area (Å²) in [6.07, 6.45) is 3.30. The molecule has 2 N–H and O–H groups in total. The molecule has 1 fully saturated rings. The van der Waals surface area contributed by atoms with Crippen molar-refractivity contribution in [1.82, 2.24) is 9.30 Å². The third-order valence-corrected chi connectivity index (χ3v) is 5.26. The zero-order valence-electron chi connectivity index (χ0n) is 13.3. The van der Waals surface area contributed by atoms with Gasteiger partial charge < -0.3 is 14.6 Å². The van der Waals surface area contributed by atoms with Crippen LogP contribution in [-0.4, -0.2) is 44.7 Å². The SMILES string of the molecule is Cc1c(C(=O)O)cc2cc(Br)cn2c1C(C)N1CCC(O)CC1. The van der Waals surface area contributed by atoms with Gasteiger partial charge in [0.25, 0.3) is 0 Å². The van der Waals surface area contributed by atoms with Crippen LogP contribution in [0.3, 0.4) is 0 Å². The Bertz CT molecular complexity index is 748. The lowest BCUT2D eigenvalue weighted by Gasteiger charge is -2.35. The molecule has 1 aliphatic rings. The Morgan fingerprint density at radius 2 is 2.00 bits per heavy atom. The van der Waals surface area contributed by atoms with Gasteiger partial charge in [0.15, 0.2) is 0 Å². The number of pyridine rings is 1. The summed E-state index contributed by atoms with van der Waals surface area (Å²) in [5, 5.41) is 19.2. The highest BCUT2D eigenvalue weighted by Crippen LogP contribution is 2.31. The molecule has 0 aliphatic carbocycles. The second-order valence-corrected chi connectivity index (χ2v) is 7.19. The lowest BCUT2D eigenvalue weighted by atomic mass is 9.99. The number of piperidine rings is 1. The van der Waals surface area contributed by atoms with E-state index in [9.17, 15) is 15.0 Å². The van der Waals surface area contributed by atoms with Crippen LogP contribution in [0.4, 0.5) is 0 Å². The van der Waals surface area contributed by atoms with Crippen molar-refractivity contribution in [2.75, 3.05) is 13.1 Å². The normalized spacial score (nSPS) is 18.4. The van der Waals surface area contributed by atoms with Gasteiger partial charge in [0.2, 0.25) is 0 Å². The van der Waals surface area contributed by atoms with Gasteiger partial charge in [-0.2, -0.15) is 0 Å². The number of fused-ring (bicyclic) bond motifs is 1. The lowest BCUT2D eigenvalue weighted by Crippen LogP contribution is -2.38. The molecular formula is C17H21BrN2O3. The van der Waals surface area contributed by atoms with Crippen molar-refractivity contribution in [2.45, 2.75) is 38.8 Å². The van der Waals surface area contributed by atoms with Crippen LogP contribution in [0.5, 0.6) is 0 Å². The number of hydrogen-bond donors (Lipinski definition) is 2. The molecule has 0 aromatic carbocycles. The number of halogens is 1. The Balaban J connectivity index is 2.10. The van der Waals surface area contributed by atoms with Gasteiger partial charge in [-0.15, -0.1) is 0 Å². The molecule has 124 valence electrons. The van der Waals surface area contributed by atoms with Crippen molar-refractivity contribution >= 4 is 27.4 Å². The Kier molecular flexibility index (Phi) is 4.49. The number of hydrogen-bond acceptors (Lipinski definition) is 3. The molecule has 6 heteroatoms. The number of nitrogens with zero attached hydrogens (tertiary/aromatic N) is 2. The van der Waals surface area contributed by atoms with Crippen molar-refractivity contribution in [3.8, 4) is 0 Å². The highest BCUT2D eigenvalue weighted by Gasteiger charge is 2.26. The van der Waals surface area contributed by atoms with Gasteiger partial charge in [-0.3, -0.25) is 4.90 Å². The van der Waals surface area contributed by atoms with E-state index in [0.717, 1.165) is 47.2 Å².